The molecule has 0 amide bonds. The molecule has 1 aromatic carbocycles. The van der Waals surface area contributed by atoms with E-state index >= 15 is 0 Å². The van der Waals surface area contributed by atoms with Crippen molar-refractivity contribution in [2.75, 3.05) is 13.7 Å². The molecular formula is C24H26N2O6. The summed E-state index contributed by atoms with van der Waals surface area (Å²) in [4.78, 5) is 47.9. The Balaban J connectivity index is 1.79. The molecular weight excluding hydrogens is 412 g/mol. The molecule has 168 valence electrons. The Morgan fingerprint density at radius 3 is 2.62 bits per heavy atom. The van der Waals surface area contributed by atoms with E-state index in [4.69, 9.17) is 19.3 Å². The predicted octanol–water partition coefficient (Wildman–Crippen LogP) is 2.49. The first kappa shape index (κ1) is 20.9. The third-order valence-electron chi connectivity index (χ3n) is 7.51. The first-order chi connectivity index (χ1) is 15.4. The molecule has 1 spiro atoms. The molecule has 0 radical (unpaired) electrons. The summed E-state index contributed by atoms with van der Waals surface area (Å²) in [6, 6.07) is 7.18. The Kier molecular flexibility index (Phi) is 4.74. The summed E-state index contributed by atoms with van der Waals surface area (Å²) in [7, 11) is 1.41. The highest BCUT2D eigenvalue weighted by Crippen LogP contribution is 2.66. The molecule has 0 aromatic heterocycles. The maximum Gasteiger partial charge on any atom is 0.322 e. The molecule has 4 bridgehead atoms. The highest BCUT2D eigenvalue weighted by atomic mass is 16.7. The van der Waals surface area contributed by atoms with Crippen molar-refractivity contribution in [2.45, 2.75) is 44.7 Å². The number of esters is 2. The minimum Gasteiger partial charge on any atom is -0.469 e. The van der Waals surface area contributed by atoms with Crippen molar-refractivity contribution in [1.82, 2.24) is 5.06 Å². The number of para-hydroxylation sites is 1. The lowest BCUT2D eigenvalue weighted by Gasteiger charge is -2.66. The number of aliphatic imine (C=N–C) groups is 1. The smallest absolute Gasteiger partial charge is 0.322 e. The third kappa shape index (κ3) is 2.53. The van der Waals surface area contributed by atoms with Crippen molar-refractivity contribution in [3.63, 3.8) is 0 Å². The van der Waals surface area contributed by atoms with Gasteiger partial charge in [-0.25, -0.2) is 0 Å². The summed E-state index contributed by atoms with van der Waals surface area (Å²) < 4.78 is 10.9. The monoisotopic (exact) mass is 438 g/mol. The van der Waals surface area contributed by atoms with Gasteiger partial charge in [-0.15, -0.1) is 5.06 Å². The van der Waals surface area contributed by atoms with E-state index in [1.165, 1.54) is 21.0 Å². The average Bonchev–Trinajstić information content (AvgIpc) is 3.10. The van der Waals surface area contributed by atoms with E-state index in [-0.39, 0.29) is 36.5 Å². The zero-order chi connectivity index (χ0) is 22.8. The van der Waals surface area contributed by atoms with Crippen molar-refractivity contribution < 1.29 is 28.7 Å². The molecule has 5 aliphatic rings. The lowest BCUT2D eigenvalue weighted by molar-refractivity contribution is -0.240. The van der Waals surface area contributed by atoms with Gasteiger partial charge in [-0.2, -0.15) is 0 Å². The van der Waals surface area contributed by atoms with Crippen LogP contribution in [0.4, 0.5) is 5.69 Å². The number of nitrogens with zero attached hydrogens (tertiary/aromatic N) is 2. The molecule has 6 atom stereocenters. The van der Waals surface area contributed by atoms with Gasteiger partial charge in [0.25, 0.3) is 0 Å². The van der Waals surface area contributed by atoms with Crippen LogP contribution in [0.25, 0.3) is 0 Å². The Morgan fingerprint density at radius 2 is 1.97 bits per heavy atom. The van der Waals surface area contributed by atoms with Crippen LogP contribution < -0.4 is 0 Å². The number of hydrogen-bond acceptors (Lipinski definition) is 8. The molecule has 2 saturated carbocycles. The second-order valence-electron chi connectivity index (χ2n) is 8.83. The van der Waals surface area contributed by atoms with Crippen molar-refractivity contribution in [1.29, 1.82) is 0 Å². The van der Waals surface area contributed by atoms with Gasteiger partial charge in [0, 0.05) is 19.8 Å². The van der Waals surface area contributed by atoms with Gasteiger partial charge in [0.2, 0.25) is 0 Å². The largest absolute Gasteiger partial charge is 0.469 e. The van der Waals surface area contributed by atoms with Crippen molar-refractivity contribution in [2.24, 2.45) is 22.7 Å². The molecule has 0 N–H and O–H groups in total. The van der Waals surface area contributed by atoms with Gasteiger partial charge in [0.15, 0.2) is 0 Å². The minimum atomic E-state index is -0.791. The standard InChI is InChI=1S/C24H26N2O6/c1-5-14-15-10-19-22-24(20(15)23(29)30-4,16-8-6-7-9-18(16)25-22)17(11-31-12(2)27)21(14)26(19)32-13(3)28/h5-9,15,17,19-21H,10-11H2,1-4H3/b14-5+/t15-,17-,19-,20-,21-,24+/m0/s1. The van der Waals surface area contributed by atoms with E-state index in [1.807, 2.05) is 37.3 Å². The van der Waals surface area contributed by atoms with Crippen LogP contribution in [0.3, 0.4) is 0 Å². The average molecular weight is 438 g/mol. The number of ether oxygens (including phenoxy) is 2. The zero-order valence-electron chi connectivity index (χ0n) is 18.5. The number of hydroxylamine groups is 2. The number of benzene rings is 1. The Labute approximate surface area is 186 Å². The summed E-state index contributed by atoms with van der Waals surface area (Å²) in [5.74, 6) is -2.10. The number of carbonyl (C=O) groups excluding carboxylic acids is 3. The van der Waals surface area contributed by atoms with E-state index in [2.05, 4.69) is 0 Å². The van der Waals surface area contributed by atoms with Crippen LogP contribution in [0.1, 0.15) is 32.8 Å². The molecule has 8 heteroatoms. The molecule has 2 saturated heterocycles. The summed E-state index contributed by atoms with van der Waals surface area (Å²) in [6.07, 6.45) is 2.59. The first-order valence-corrected chi connectivity index (χ1v) is 10.9. The molecule has 6 rings (SSSR count). The maximum absolute atomic E-state index is 13.3. The number of rotatable bonds is 4. The van der Waals surface area contributed by atoms with Gasteiger partial charge in [-0.3, -0.25) is 19.4 Å². The van der Waals surface area contributed by atoms with Gasteiger partial charge in [0.05, 0.1) is 48.5 Å². The highest BCUT2D eigenvalue weighted by Gasteiger charge is 2.75. The molecule has 3 heterocycles. The van der Waals surface area contributed by atoms with Crippen molar-refractivity contribution >= 4 is 29.3 Å². The molecule has 32 heavy (non-hydrogen) atoms. The van der Waals surface area contributed by atoms with Crippen molar-refractivity contribution in [3.8, 4) is 0 Å². The van der Waals surface area contributed by atoms with Crippen LogP contribution in [0.15, 0.2) is 40.9 Å². The van der Waals surface area contributed by atoms with Crippen LogP contribution >= 0.6 is 0 Å². The fourth-order valence-corrected chi connectivity index (χ4v) is 6.72. The normalized spacial score (nSPS) is 35.2. The fourth-order valence-electron chi connectivity index (χ4n) is 6.72. The number of allylic oxidation sites excluding steroid dienone is 1. The number of piperidine rings is 2. The lowest BCUT2D eigenvalue weighted by atomic mass is 9.42. The van der Waals surface area contributed by atoms with E-state index in [1.54, 1.807) is 5.06 Å². The van der Waals surface area contributed by atoms with Gasteiger partial charge in [-0.1, -0.05) is 24.3 Å². The number of hydrogen-bond donors (Lipinski definition) is 0. The van der Waals surface area contributed by atoms with E-state index < -0.39 is 23.3 Å². The minimum absolute atomic E-state index is 0.0649. The van der Waals surface area contributed by atoms with Crippen molar-refractivity contribution in [3.05, 3.63) is 41.5 Å². The Hall–Kier alpha value is -3.00. The lowest BCUT2D eigenvalue weighted by Crippen LogP contribution is -2.78. The number of methoxy groups -OCH3 is 1. The molecule has 1 aromatic rings. The van der Waals surface area contributed by atoms with Gasteiger partial charge >= 0.3 is 17.9 Å². The van der Waals surface area contributed by atoms with Gasteiger partial charge in [-0.05, 0) is 36.5 Å². The molecule has 3 aliphatic heterocycles. The highest BCUT2D eigenvalue weighted by molar-refractivity contribution is 6.10. The fraction of sp³-hybridized carbons (Fsp3) is 0.500. The van der Waals surface area contributed by atoms with Crippen LogP contribution in [-0.4, -0.2) is 54.5 Å². The maximum atomic E-state index is 13.3. The van der Waals surface area contributed by atoms with E-state index in [0.717, 1.165) is 22.5 Å². The van der Waals surface area contributed by atoms with Crippen LogP contribution in [-0.2, 0) is 34.1 Å². The summed E-state index contributed by atoms with van der Waals surface area (Å²) in [6.45, 7) is 4.73. The zero-order valence-corrected chi connectivity index (χ0v) is 18.5. The third-order valence-corrected chi connectivity index (χ3v) is 7.51. The van der Waals surface area contributed by atoms with Gasteiger partial charge < -0.3 is 14.3 Å². The molecule has 8 nitrogen and oxygen atoms in total. The van der Waals surface area contributed by atoms with Crippen LogP contribution in [0, 0.1) is 17.8 Å². The topological polar surface area (TPSA) is 94.5 Å². The summed E-state index contributed by atoms with van der Waals surface area (Å²) in [5.41, 5.74) is 2.74. The predicted molar refractivity (Wildman–Crippen MR) is 114 cm³/mol. The van der Waals surface area contributed by atoms with Crippen LogP contribution in [0.2, 0.25) is 0 Å². The molecule has 4 fully saturated rings. The van der Waals surface area contributed by atoms with E-state index in [9.17, 15) is 14.4 Å². The van der Waals surface area contributed by atoms with E-state index in [0.29, 0.717) is 6.42 Å². The number of carbonyl (C=O) groups is 3. The van der Waals surface area contributed by atoms with Crippen LogP contribution in [0.5, 0.6) is 0 Å². The SMILES string of the molecule is C/C=C1\[C@@H]2C[C@H]3C4=Nc5ccccc5[C@]4([C@@H]2C(=O)OC)[C@@H](COC(C)=O)[C@H]1N3OC(C)=O. The Morgan fingerprint density at radius 1 is 1.22 bits per heavy atom. The first-order valence-electron chi connectivity index (χ1n) is 10.9. The summed E-state index contributed by atoms with van der Waals surface area (Å²) in [5, 5.41) is 1.72. The van der Waals surface area contributed by atoms with Gasteiger partial charge in [0.1, 0.15) is 0 Å². The second kappa shape index (κ2) is 7.27. The molecule has 0 unspecified atom stereocenters. The second-order valence-corrected chi connectivity index (χ2v) is 8.83. The number of fused-ring (bicyclic) bond motifs is 1. The quantitative estimate of drug-likeness (QED) is 0.527. The molecule has 2 aliphatic carbocycles. The Bertz CT molecular complexity index is 1080. The summed E-state index contributed by atoms with van der Waals surface area (Å²) >= 11 is 0.